The van der Waals surface area contributed by atoms with Crippen molar-refractivity contribution < 1.29 is 4.79 Å². The zero-order valence-electron chi connectivity index (χ0n) is 13.5. The lowest BCUT2D eigenvalue weighted by Gasteiger charge is -2.32. The van der Waals surface area contributed by atoms with E-state index in [1.54, 1.807) is 14.1 Å². The second-order valence-electron chi connectivity index (χ2n) is 5.22. The molecule has 120 valence electrons. The quantitative estimate of drug-likeness (QED) is 0.286. The molecule has 1 aliphatic heterocycles. The van der Waals surface area contributed by atoms with Crippen molar-refractivity contribution in [3.63, 3.8) is 0 Å². The van der Waals surface area contributed by atoms with Crippen molar-refractivity contribution in [1.29, 1.82) is 0 Å². The van der Waals surface area contributed by atoms with Gasteiger partial charge in [0.15, 0.2) is 5.96 Å². The van der Waals surface area contributed by atoms with Crippen LogP contribution >= 0.6 is 0 Å². The molecule has 0 spiro atoms. The lowest BCUT2D eigenvalue weighted by atomic mass is 10.1. The van der Waals surface area contributed by atoms with Crippen molar-refractivity contribution in [2.45, 2.75) is 32.2 Å². The molecule has 6 nitrogen and oxygen atoms in total. The molecule has 3 N–H and O–H groups in total. The number of piperidine rings is 1. The van der Waals surface area contributed by atoms with Crippen molar-refractivity contribution in [3.8, 4) is 0 Å². The fourth-order valence-electron chi connectivity index (χ4n) is 2.35. The predicted molar refractivity (Wildman–Crippen MR) is 87.5 cm³/mol. The van der Waals surface area contributed by atoms with Gasteiger partial charge >= 0.3 is 0 Å². The van der Waals surface area contributed by atoms with Crippen molar-refractivity contribution in [3.05, 3.63) is 12.2 Å². The normalized spacial score (nSPS) is 18.0. The van der Waals surface area contributed by atoms with Gasteiger partial charge in [-0.2, -0.15) is 0 Å². The second-order valence-corrected chi connectivity index (χ2v) is 5.22. The third kappa shape index (κ3) is 7.13. The third-order valence-electron chi connectivity index (χ3n) is 3.64. The highest BCUT2D eigenvalue weighted by Gasteiger charge is 2.20. The molecule has 0 aromatic heterocycles. The van der Waals surface area contributed by atoms with E-state index >= 15 is 0 Å². The van der Waals surface area contributed by atoms with Gasteiger partial charge in [-0.25, -0.2) is 0 Å². The number of carbonyl (C=O) groups excluding carboxylic acids is 1. The van der Waals surface area contributed by atoms with Crippen molar-refractivity contribution in [2.75, 3.05) is 40.3 Å². The molecule has 21 heavy (non-hydrogen) atoms. The first-order valence-corrected chi connectivity index (χ1v) is 7.70. The Bertz CT molecular complexity index is 359. The van der Waals surface area contributed by atoms with Crippen LogP contribution in [0.5, 0.6) is 0 Å². The number of nitrogens with zero attached hydrogens (tertiary/aromatic N) is 2. The molecule has 1 amide bonds. The number of carbonyl (C=O) groups is 1. The fourth-order valence-corrected chi connectivity index (χ4v) is 2.35. The number of likely N-dealkylation sites (tertiary alicyclic amines) is 1. The Balaban J connectivity index is 2.25. The molecule has 0 atom stereocenters. The molecule has 1 rings (SSSR count). The molecule has 1 aliphatic rings. The molecule has 1 heterocycles. The number of allylic oxidation sites excluding steroid dienone is 1. The maximum absolute atomic E-state index is 11.4. The van der Waals surface area contributed by atoms with Crippen LogP contribution in [0.25, 0.3) is 0 Å². The van der Waals surface area contributed by atoms with E-state index in [9.17, 15) is 4.79 Å². The summed E-state index contributed by atoms with van der Waals surface area (Å²) in [6, 6.07) is 0.429. The molecule has 0 aromatic carbocycles. The molecular formula is C15H29N5O. The number of likely N-dealkylation sites (N-methyl/N-ethyl adjacent to an activating group) is 1. The number of amides is 1. The van der Waals surface area contributed by atoms with E-state index in [0.717, 1.165) is 44.9 Å². The van der Waals surface area contributed by atoms with Gasteiger partial charge in [0.2, 0.25) is 5.91 Å². The minimum absolute atomic E-state index is 0.0860. The van der Waals surface area contributed by atoms with E-state index in [1.165, 1.54) is 0 Å². The minimum atomic E-state index is 0.0860. The van der Waals surface area contributed by atoms with Crippen LogP contribution in [0, 0.1) is 0 Å². The monoisotopic (exact) mass is 295 g/mol. The summed E-state index contributed by atoms with van der Waals surface area (Å²) in [5, 5.41) is 9.44. The van der Waals surface area contributed by atoms with E-state index in [2.05, 4.69) is 38.0 Å². The Morgan fingerprint density at radius 2 is 2.10 bits per heavy atom. The van der Waals surface area contributed by atoms with Crippen LogP contribution in [-0.2, 0) is 4.79 Å². The van der Waals surface area contributed by atoms with E-state index in [1.807, 2.05) is 6.92 Å². The molecule has 0 unspecified atom stereocenters. The summed E-state index contributed by atoms with van der Waals surface area (Å²) in [4.78, 5) is 17.8. The molecule has 6 heteroatoms. The Hall–Kier alpha value is -1.56. The van der Waals surface area contributed by atoms with Crippen LogP contribution in [0.15, 0.2) is 17.1 Å². The van der Waals surface area contributed by atoms with Crippen molar-refractivity contribution in [1.82, 2.24) is 20.9 Å². The van der Waals surface area contributed by atoms with Gasteiger partial charge in [0.1, 0.15) is 0 Å². The molecule has 0 saturated carbocycles. The minimum Gasteiger partial charge on any atom is -0.358 e. The van der Waals surface area contributed by atoms with E-state index in [0.29, 0.717) is 12.6 Å². The fraction of sp³-hybridized carbons (Fsp3) is 0.733. The van der Waals surface area contributed by atoms with E-state index < -0.39 is 0 Å². The third-order valence-corrected chi connectivity index (χ3v) is 3.64. The zero-order valence-corrected chi connectivity index (χ0v) is 13.5. The number of aliphatic imine (C=N–C) groups is 1. The number of hydrogen-bond acceptors (Lipinski definition) is 3. The average molecular weight is 295 g/mol. The van der Waals surface area contributed by atoms with Gasteiger partial charge < -0.3 is 16.0 Å². The summed E-state index contributed by atoms with van der Waals surface area (Å²) in [6.07, 6.45) is 7.26. The first-order chi connectivity index (χ1) is 10.2. The highest BCUT2D eigenvalue weighted by atomic mass is 16.1. The highest BCUT2D eigenvalue weighted by Crippen LogP contribution is 2.09. The summed E-state index contributed by atoms with van der Waals surface area (Å²) in [5.74, 6) is 0.951. The summed E-state index contributed by atoms with van der Waals surface area (Å²) in [5.41, 5.74) is 0. The number of rotatable bonds is 6. The standard InChI is InChI=1S/C15H29N5O/c1-4-5-6-9-18-15(17-3)19-13-7-10-20(11-8-13)12-14(21)16-2/h4-5,13H,6-12H2,1-3H3,(H,16,21)(H2,17,18,19)/b5-4+. The molecule has 0 aliphatic carbocycles. The summed E-state index contributed by atoms with van der Waals surface area (Å²) in [6.45, 7) is 5.31. The molecule has 1 fully saturated rings. The van der Waals surface area contributed by atoms with E-state index in [-0.39, 0.29) is 5.91 Å². The predicted octanol–water partition coefficient (Wildman–Crippen LogP) is 0.328. The van der Waals surface area contributed by atoms with Gasteiger partial charge in [-0.05, 0) is 26.2 Å². The topological polar surface area (TPSA) is 68.8 Å². The highest BCUT2D eigenvalue weighted by molar-refractivity contribution is 5.80. The Morgan fingerprint density at radius 3 is 2.67 bits per heavy atom. The molecule has 0 radical (unpaired) electrons. The smallest absolute Gasteiger partial charge is 0.233 e. The Labute approximate surface area is 128 Å². The van der Waals surface area contributed by atoms with Crippen molar-refractivity contribution >= 4 is 11.9 Å². The molecule has 1 saturated heterocycles. The van der Waals surface area contributed by atoms with Crippen LogP contribution in [-0.4, -0.2) is 63.1 Å². The van der Waals surface area contributed by atoms with Gasteiger partial charge in [-0.15, -0.1) is 0 Å². The lowest BCUT2D eigenvalue weighted by molar-refractivity contribution is -0.122. The average Bonchev–Trinajstić information content (AvgIpc) is 2.51. The van der Waals surface area contributed by atoms with Gasteiger partial charge in [0.05, 0.1) is 6.54 Å². The lowest BCUT2D eigenvalue weighted by Crippen LogP contribution is -2.50. The Morgan fingerprint density at radius 1 is 1.38 bits per heavy atom. The molecule has 0 bridgehead atoms. The SMILES string of the molecule is C/C=C/CCNC(=NC)NC1CCN(CC(=O)NC)CC1. The van der Waals surface area contributed by atoms with Crippen molar-refractivity contribution in [2.24, 2.45) is 4.99 Å². The molecular weight excluding hydrogens is 266 g/mol. The first kappa shape index (κ1) is 17.5. The maximum atomic E-state index is 11.4. The number of hydrogen-bond donors (Lipinski definition) is 3. The largest absolute Gasteiger partial charge is 0.358 e. The van der Waals surface area contributed by atoms with Crippen LogP contribution < -0.4 is 16.0 Å². The van der Waals surface area contributed by atoms with Gasteiger partial charge in [0, 0.05) is 39.8 Å². The first-order valence-electron chi connectivity index (χ1n) is 7.70. The second kappa shape index (κ2) is 10.2. The van der Waals surface area contributed by atoms with Gasteiger partial charge in [-0.3, -0.25) is 14.7 Å². The van der Waals surface area contributed by atoms with Gasteiger partial charge in [-0.1, -0.05) is 12.2 Å². The van der Waals surface area contributed by atoms with Crippen LogP contribution in [0.1, 0.15) is 26.2 Å². The van der Waals surface area contributed by atoms with Crippen LogP contribution in [0.3, 0.4) is 0 Å². The number of nitrogens with one attached hydrogen (secondary N) is 3. The van der Waals surface area contributed by atoms with Gasteiger partial charge in [0.25, 0.3) is 0 Å². The van der Waals surface area contributed by atoms with Crippen LogP contribution in [0.4, 0.5) is 0 Å². The summed E-state index contributed by atoms with van der Waals surface area (Å²) < 4.78 is 0. The van der Waals surface area contributed by atoms with Crippen LogP contribution in [0.2, 0.25) is 0 Å². The zero-order chi connectivity index (χ0) is 15.5. The van der Waals surface area contributed by atoms with E-state index in [4.69, 9.17) is 0 Å². The summed E-state index contributed by atoms with van der Waals surface area (Å²) >= 11 is 0. The maximum Gasteiger partial charge on any atom is 0.233 e. The summed E-state index contributed by atoms with van der Waals surface area (Å²) in [7, 11) is 3.48. The Kier molecular flexibility index (Phi) is 8.50. The number of guanidine groups is 1. The molecule has 0 aromatic rings.